The van der Waals surface area contributed by atoms with Crippen molar-refractivity contribution < 1.29 is 9.47 Å². The van der Waals surface area contributed by atoms with Crippen LogP contribution in [0.4, 0.5) is 0 Å². The molecule has 3 atom stereocenters. The van der Waals surface area contributed by atoms with E-state index in [1.807, 2.05) is 7.11 Å². The molecule has 4 nitrogen and oxygen atoms in total. The summed E-state index contributed by atoms with van der Waals surface area (Å²) in [7, 11) is 3.60. The van der Waals surface area contributed by atoms with Crippen molar-refractivity contribution in [1.29, 1.82) is 0 Å². The van der Waals surface area contributed by atoms with Crippen molar-refractivity contribution in [1.82, 2.24) is 10.2 Å². The van der Waals surface area contributed by atoms with Crippen LogP contribution < -0.4 is 5.32 Å². The molecule has 2 rings (SSSR count). The maximum absolute atomic E-state index is 5.42. The highest BCUT2D eigenvalue weighted by atomic mass is 16.5. The van der Waals surface area contributed by atoms with Gasteiger partial charge in [-0.1, -0.05) is 0 Å². The lowest BCUT2D eigenvalue weighted by Crippen LogP contribution is -2.44. The van der Waals surface area contributed by atoms with Crippen molar-refractivity contribution in [3.05, 3.63) is 0 Å². The Hall–Kier alpha value is -0.160. The highest BCUT2D eigenvalue weighted by molar-refractivity contribution is 4.90. The van der Waals surface area contributed by atoms with Crippen molar-refractivity contribution in [2.24, 2.45) is 5.92 Å². The first-order valence-electron chi connectivity index (χ1n) is 7.23. The molecular weight excluding hydrogens is 228 g/mol. The summed E-state index contributed by atoms with van der Waals surface area (Å²) in [5.41, 5.74) is 0. The van der Waals surface area contributed by atoms with Gasteiger partial charge in [0.1, 0.15) is 0 Å². The van der Waals surface area contributed by atoms with Gasteiger partial charge in [-0.15, -0.1) is 0 Å². The quantitative estimate of drug-likeness (QED) is 0.705. The number of rotatable bonds is 8. The van der Waals surface area contributed by atoms with Crippen molar-refractivity contribution in [2.75, 3.05) is 40.5 Å². The van der Waals surface area contributed by atoms with Crippen LogP contribution in [0, 0.1) is 5.92 Å². The molecule has 2 aliphatic rings. The van der Waals surface area contributed by atoms with Crippen LogP contribution >= 0.6 is 0 Å². The van der Waals surface area contributed by atoms with Gasteiger partial charge in [0, 0.05) is 45.9 Å². The molecule has 0 aromatic heterocycles. The Labute approximate surface area is 111 Å². The van der Waals surface area contributed by atoms with Gasteiger partial charge in [-0.2, -0.15) is 0 Å². The number of hydrogen-bond donors (Lipinski definition) is 1. The maximum Gasteiger partial charge on any atom is 0.0711 e. The van der Waals surface area contributed by atoms with E-state index in [9.17, 15) is 0 Å². The lowest BCUT2D eigenvalue weighted by molar-refractivity contribution is 0.100. The summed E-state index contributed by atoms with van der Waals surface area (Å²) in [5.74, 6) is 0.918. The predicted octanol–water partition coefficient (Wildman–Crippen LogP) is 1.11. The first kappa shape index (κ1) is 14.3. The van der Waals surface area contributed by atoms with Gasteiger partial charge in [0.25, 0.3) is 0 Å². The molecule has 1 saturated carbocycles. The van der Waals surface area contributed by atoms with Crippen molar-refractivity contribution in [3.8, 4) is 0 Å². The summed E-state index contributed by atoms with van der Waals surface area (Å²) < 4.78 is 10.7. The monoisotopic (exact) mass is 256 g/mol. The molecule has 1 aliphatic heterocycles. The van der Waals surface area contributed by atoms with Crippen LogP contribution in [0.3, 0.4) is 0 Å². The van der Waals surface area contributed by atoms with E-state index in [2.05, 4.69) is 17.1 Å². The van der Waals surface area contributed by atoms with Crippen molar-refractivity contribution in [2.45, 2.75) is 44.4 Å². The topological polar surface area (TPSA) is 33.7 Å². The van der Waals surface area contributed by atoms with E-state index in [1.54, 1.807) is 7.11 Å². The molecule has 0 aromatic carbocycles. The molecule has 1 aliphatic carbocycles. The number of nitrogens with one attached hydrogen (secondary N) is 1. The average molecular weight is 256 g/mol. The van der Waals surface area contributed by atoms with Gasteiger partial charge in [0.15, 0.2) is 0 Å². The van der Waals surface area contributed by atoms with Crippen LogP contribution in [0.2, 0.25) is 0 Å². The van der Waals surface area contributed by atoms with Gasteiger partial charge in [-0.05, 0) is 32.1 Å². The van der Waals surface area contributed by atoms with E-state index in [0.29, 0.717) is 18.2 Å². The third-order valence-electron chi connectivity index (χ3n) is 4.43. The largest absolute Gasteiger partial charge is 0.383 e. The number of hydrogen-bond acceptors (Lipinski definition) is 4. The Bertz CT molecular complexity index is 246. The van der Waals surface area contributed by atoms with Gasteiger partial charge in [0.05, 0.1) is 12.7 Å². The summed E-state index contributed by atoms with van der Waals surface area (Å²) in [4.78, 5) is 2.59. The van der Waals surface area contributed by atoms with Gasteiger partial charge >= 0.3 is 0 Å². The molecule has 1 saturated heterocycles. The molecule has 2 fully saturated rings. The van der Waals surface area contributed by atoms with E-state index >= 15 is 0 Å². The normalized spacial score (nSPS) is 30.0. The summed E-state index contributed by atoms with van der Waals surface area (Å²) >= 11 is 0. The SMILES string of the molecule is COCCN(CC1CC(OC)CN1)C(C)C1CC1. The molecule has 1 heterocycles. The minimum absolute atomic E-state index is 0.399. The Morgan fingerprint density at radius 2 is 2.11 bits per heavy atom. The first-order valence-corrected chi connectivity index (χ1v) is 7.23. The fourth-order valence-electron chi connectivity index (χ4n) is 2.93. The number of methoxy groups -OCH3 is 2. The van der Waals surface area contributed by atoms with E-state index < -0.39 is 0 Å². The van der Waals surface area contributed by atoms with Gasteiger partial charge < -0.3 is 14.8 Å². The standard InChI is InChI=1S/C14H28N2O2/c1-11(12-4-5-12)16(6-7-17-2)10-13-8-14(18-3)9-15-13/h11-15H,4-10H2,1-3H3. The molecule has 0 spiro atoms. The van der Waals surface area contributed by atoms with Crippen LogP contribution in [-0.2, 0) is 9.47 Å². The molecule has 3 unspecified atom stereocenters. The van der Waals surface area contributed by atoms with E-state index in [0.717, 1.165) is 38.6 Å². The van der Waals surface area contributed by atoms with Crippen LogP contribution in [0.5, 0.6) is 0 Å². The van der Waals surface area contributed by atoms with Crippen LogP contribution in [0.25, 0.3) is 0 Å². The maximum atomic E-state index is 5.42. The fraction of sp³-hybridized carbons (Fsp3) is 1.00. The second-order valence-electron chi connectivity index (χ2n) is 5.76. The first-order chi connectivity index (χ1) is 8.74. The minimum atomic E-state index is 0.399. The summed E-state index contributed by atoms with van der Waals surface area (Å²) in [5, 5.41) is 3.57. The summed E-state index contributed by atoms with van der Waals surface area (Å²) in [6.07, 6.45) is 4.35. The third-order valence-corrected chi connectivity index (χ3v) is 4.43. The van der Waals surface area contributed by atoms with E-state index in [1.165, 1.54) is 12.8 Å². The predicted molar refractivity (Wildman–Crippen MR) is 72.8 cm³/mol. The molecule has 106 valence electrons. The molecule has 0 radical (unpaired) electrons. The zero-order valence-corrected chi connectivity index (χ0v) is 12.0. The van der Waals surface area contributed by atoms with Gasteiger partial charge in [-0.25, -0.2) is 0 Å². The van der Waals surface area contributed by atoms with Crippen LogP contribution in [0.15, 0.2) is 0 Å². The number of nitrogens with zero attached hydrogens (tertiary/aromatic N) is 1. The molecule has 1 N–H and O–H groups in total. The lowest BCUT2D eigenvalue weighted by atomic mass is 10.1. The summed E-state index contributed by atoms with van der Waals surface area (Å²) in [6, 6.07) is 1.27. The minimum Gasteiger partial charge on any atom is -0.383 e. The summed E-state index contributed by atoms with van der Waals surface area (Å²) in [6.45, 7) is 6.37. The Balaban J connectivity index is 1.80. The van der Waals surface area contributed by atoms with Gasteiger partial charge in [-0.3, -0.25) is 4.90 Å². The fourth-order valence-corrected chi connectivity index (χ4v) is 2.93. The zero-order chi connectivity index (χ0) is 13.0. The second kappa shape index (κ2) is 6.85. The second-order valence-corrected chi connectivity index (χ2v) is 5.76. The van der Waals surface area contributed by atoms with E-state index in [-0.39, 0.29) is 0 Å². The van der Waals surface area contributed by atoms with Crippen LogP contribution in [0.1, 0.15) is 26.2 Å². The highest BCUT2D eigenvalue weighted by Crippen LogP contribution is 2.35. The zero-order valence-electron chi connectivity index (χ0n) is 12.0. The molecule has 0 amide bonds. The molecule has 4 heteroatoms. The molecule has 0 aromatic rings. The Kier molecular flexibility index (Phi) is 5.42. The van der Waals surface area contributed by atoms with Crippen molar-refractivity contribution >= 4 is 0 Å². The smallest absolute Gasteiger partial charge is 0.0711 e. The Morgan fingerprint density at radius 3 is 2.67 bits per heavy atom. The van der Waals surface area contributed by atoms with Crippen molar-refractivity contribution in [3.63, 3.8) is 0 Å². The molecule has 0 bridgehead atoms. The third kappa shape index (κ3) is 3.92. The number of ether oxygens (including phenoxy) is 2. The van der Waals surface area contributed by atoms with Gasteiger partial charge in [0.2, 0.25) is 0 Å². The van der Waals surface area contributed by atoms with E-state index in [4.69, 9.17) is 9.47 Å². The molecular formula is C14H28N2O2. The highest BCUT2D eigenvalue weighted by Gasteiger charge is 2.34. The lowest BCUT2D eigenvalue weighted by Gasteiger charge is -2.31. The average Bonchev–Trinajstić information content (AvgIpc) is 3.14. The van der Waals surface area contributed by atoms with Crippen LogP contribution in [-0.4, -0.2) is 63.5 Å². The Morgan fingerprint density at radius 1 is 1.33 bits per heavy atom. The molecule has 18 heavy (non-hydrogen) atoms.